The van der Waals surface area contributed by atoms with E-state index in [2.05, 4.69) is 38.4 Å². The van der Waals surface area contributed by atoms with Crippen LogP contribution in [0.15, 0.2) is 64.0 Å². The third kappa shape index (κ3) is 3.54. The fourth-order valence-electron chi connectivity index (χ4n) is 3.73. The van der Waals surface area contributed by atoms with Gasteiger partial charge in [-0.15, -0.1) is 0 Å². The van der Waals surface area contributed by atoms with Crippen molar-refractivity contribution in [1.29, 1.82) is 0 Å². The van der Waals surface area contributed by atoms with E-state index in [4.69, 9.17) is 0 Å². The first-order valence-electron chi connectivity index (χ1n) is 9.05. The van der Waals surface area contributed by atoms with Crippen LogP contribution in [0.4, 0.5) is 0 Å². The Morgan fingerprint density at radius 1 is 1.19 bits per heavy atom. The minimum Gasteiger partial charge on any atom is -0.354 e. The van der Waals surface area contributed by atoms with Crippen molar-refractivity contribution in [3.63, 3.8) is 0 Å². The fraction of sp³-hybridized carbons (Fsp3) is 0.286. The molecule has 4 rings (SSSR count). The van der Waals surface area contributed by atoms with Crippen LogP contribution < -0.4 is 10.9 Å². The number of hydrogen-bond acceptors (Lipinski definition) is 3. The van der Waals surface area contributed by atoms with Gasteiger partial charge in [-0.3, -0.25) is 14.2 Å². The molecule has 0 bridgehead atoms. The van der Waals surface area contributed by atoms with Crippen molar-refractivity contribution in [3.05, 3.63) is 75.1 Å². The predicted molar refractivity (Wildman–Crippen MR) is 109 cm³/mol. The molecule has 0 aliphatic heterocycles. The normalized spacial score (nSPS) is 15.3. The van der Waals surface area contributed by atoms with Gasteiger partial charge in [0, 0.05) is 16.4 Å². The number of nitrogens with one attached hydrogen (secondary N) is 1. The number of halogens is 1. The highest BCUT2D eigenvalue weighted by Gasteiger charge is 2.38. The van der Waals surface area contributed by atoms with Crippen molar-refractivity contribution in [2.45, 2.75) is 31.2 Å². The zero-order valence-corrected chi connectivity index (χ0v) is 16.4. The van der Waals surface area contributed by atoms with Crippen LogP contribution in [0.25, 0.3) is 11.0 Å². The highest BCUT2D eigenvalue weighted by atomic mass is 79.9. The molecule has 2 aromatic carbocycles. The smallest absolute Gasteiger partial charge is 0.269 e. The molecular weight excluding hydrogens is 406 g/mol. The lowest BCUT2D eigenvalue weighted by molar-refractivity contribution is -0.122. The van der Waals surface area contributed by atoms with Gasteiger partial charge in [0.25, 0.3) is 5.56 Å². The van der Waals surface area contributed by atoms with Crippen molar-refractivity contribution in [1.82, 2.24) is 14.9 Å². The summed E-state index contributed by atoms with van der Waals surface area (Å²) in [5, 5.41) is 3.05. The Balaban J connectivity index is 1.51. The number of hydrogen-bond donors (Lipinski definition) is 1. The van der Waals surface area contributed by atoms with Gasteiger partial charge in [-0.2, -0.15) is 0 Å². The minimum absolute atomic E-state index is 0.00354. The van der Waals surface area contributed by atoms with Gasteiger partial charge >= 0.3 is 0 Å². The molecular formula is C21H20BrN3O2. The van der Waals surface area contributed by atoms with Gasteiger partial charge in [-0.05, 0) is 42.7 Å². The van der Waals surface area contributed by atoms with Gasteiger partial charge in [-0.1, -0.05) is 46.6 Å². The second kappa shape index (κ2) is 7.27. The molecule has 6 heteroatoms. The van der Waals surface area contributed by atoms with Gasteiger partial charge in [-0.25, -0.2) is 4.98 Å². The zero-order valence-electron chi connectivity index (χ0n) is 14.8. The summed E-state index contributed by atoms with van der Waals surface area (Å²) in [5.41, 5.74) is 2.34. The van der Waals surface area contributed by atoms with Crippen LogP contribution in [0.5, 0.6) is 0 Å². The monoisotopic (exact) mass is 425 g/mol. The number of rotatable bonds is 5. The van der Waals surface area contributed by atoms with Crippen LogP contribution in [0.1, 0.15) is 24.8 Å². The molecule has 5 nitrogen and oxygen atoms in total. The van der Waals surface area contributed by atoms with E-state index in [9.17, 15) is 9.59 Å². The fourth-order valence-corrected chi connectivity index (χ4v) is 4.13. The summed E-state index contributed by atoms with van der Waals surface area (Å²) in [5.74, 6) is -0.158. The summed E-state index contributed by atoms with van der Waals surface area (Å²) in [6.07, 6.45) is 4.55. The molecule has 1 aliphatic rings. The first-order chi connectivity index (χ1) is 13.1. The molecule has 1 N–H and O–H groups in total. The molecule has 1 heterocycles. The standard InChI is InChI=1S/C21H20BrN3O2/c22-16-6-3-5-15(11-16)21(9-4-10-21)14-24-19(26)13-25-18-8-2-1-7-17(18)23-12-20(25)27/h1-3,5-8,11-12H,4,9-10,13-14H2,(H,24,26). The van der Waals surface area contributed by atoms with Crippen molar-refractivity contribution >= 4 is 32.9 Å². The second-order valence-corrected chi connectivity index (χ2v) is 8.01. The largest absolute Gasteiger partial charge is 0.354 e. The highest BCUT2D eigenvalue weighted by Crippen LogP contribution is 2.43. The lowest BCUT2D eigenvalue weighted by atomic mass is 9.64. The first kappa shape index (κ1) is 17.9. The third-order valence-electron chi connectivity index (χ3n) is 5.43. The second-order valence-electron chi connectivity index (χ2n) is 7.09. The number of fused-ring (bicyclic) bond motifs is 1. The molecule has 1 fully saturated rings. The van der Waals surface area contributed by atoms with Gasteiger partial charge in [0.2, 0.25) is 5.91 Å². The number of para-hydroxylation sites is 2. The Kier molecular flexibility index (Phi) is 4.83. The summed E-state index contributed by atoms with van der Waals surface area (Å²) < 4.78 is 2.52. The number of aromatic nitrogens is 2. The van der Waals surface area contributed by atoms with Crippen LogP contribution in [0, 0.1) is 0 Å². The summed E-state index contributed by atoms with van der Waals surface area (Å²) in [4.78, 5) is 28.9. The Bertz CT molecular complexity index is 1060. The number of amides is 1. The topological polar surface area (TPSA) is 64.0 Å². The zero-order chi connectivity index (χ0) is 18.9. The summed E-state index contributed by atoms with van der Waals surface area (Å²) in [6.45, 7) is 0.580. The quantitative estimate of drug-likeness (QED) is 0.681. The number of carbonyl (C=O) groups excluding carboxylic acids is 1. The highest BCUT2D eigenvalue weighted by molar-refractivity contribution is 9.10. The maximum atomic E-state index is 12.6. The average molecular weight is 426 g/mol. The number of benzene rings is 2. The van der Waals surface area contributed by atoms with E-state index < -0.39 is 0 Å². The van der Waals surface area contributed by atoms with Crippen LogP contribution in [0.2, 0.25) is 0 Å². The van der Waals surface area contributed by atoms with Crippen molar-refractivity contribution in [2.24, 2.45) is 0 Å². The van der Waals surface area contributed by atoms with E-state index in [0.29, 0.717) is 17.6 Å². The molecule has 1 saturated carbocycles. The van der Waals surface area contributed by atoms with Gasteiger partial charge in [0.05, 0.1) is 17.2 Å². The Morgan fingerprint density at radius 2 is 2.00 bits per heavy atom. The summed E-state index contributed by atoms with van der Waals surface area (Å²) in [7, 11) is 0. The Morgan fingerprint density at radius 3 is 2.74 bits per heavy atom. The predicted octanol–water partition coefficient (Wildman–Crippen LogP) is 3.40. The summed E-state index contributed by atoms with van der Waals surface area (Å²) in [6, 6.07) is 15.6. The SMILES string of the molecule is O=C(Cn1c(=O)cnc2ccccc21)NCC1(c2cccc(Br)c2)CCC1. The third-order valence-corrected chi connectivity index (χ3v) is 5.92. The molecule has 3 aromatic rings. The maximum Gasteiger partial charge on any atom is 0.269 e. The number of nitrogens with zero attached hydrogens (tertiary/aromatic N) is 2. The van der Waals surface area contributed by atoms with E-state index in [1.54, 1.807) is 0 Å². The van der Waals surface area contributed by atoms with Gasteiger partial charge < -0.3 is 5.32 Å². The maximum absolute atomic E-state index is 12.6. The Hall–Kier alpha value is -2.47. The van der Waals surface area contributed by atoms with E-state index >= 15 is 0 Å². The Labute approximate surface area is 165 Å². The molecule has 0 atom stereocenters. The molecule has 1 amide bonds. The molecule has 0 unspecified atom stereocenters. The van der Waals surface area contributed by atoms with E-state index in [0.717, 1.165) is 23.7 Å². The molecule has 1 aromatic heterocycles. The summed E-state index contributed by atoms with van der Waals surface area (Å²) >= 11 is 3.53. The molecule has 0 radical (unpaired) electrons. The average Bonchev–Trinajstić information content (AvgIpc) is 2.63. The van der Waals surface area contributed by atoms with Crippen LogP contribution in [0.3, 0.4) is 0 Å². The van der Waals surface area contributed by atoms with E-state index in [1.807, 2.05) is 36.4 Å². The van der Waals surface area contributed by atoms with Crippen molar-refractivity contribution in [3.8, 4) is 0 Å². The van der Waals surface area contributed by atoms with Crippen LogP contribution in [-0.4, -0.2) is 22.0 Å². The minimum atomic E-state index is -0.269. The molecule has 0 saturated heterocycles. The van der Waals surface area contributed by atoms with Crippen molar-refractivity contribution in [2.75, 3.05) is 6.54 Å². The lowest BCUT2D eigenvalue weighted by Gasteiger charge is -2.42. The van der Waals surface area contributed by atoms with E-state index in [-0.39, 0.29) is 23.4 Å². The molecule has 27 heavy (non-hydrogen) atoms. The molecule has 138 valence electrons. The van der Waals surface area contributed by atoms with Gasteiger partial charge in [0.15, 0.2) is 0 Å². The first-order valence-corrected chi connectivity index (χ1v) is 9.84. The van der Waals surface area contributed by atoms with Crippen molar-refractivity contribution < 1.29 is 4.79 Å². The lowest BCUT2D eigenvalue weighted by Crippen LogP contribution is -2.46. The van der Waals surface area contributed by atoms with Crippen LogP contribution >= 0.6 is 15.9 Å². The molecule has 1 aliphatic carbocycles. The number of carbonyl (C=O) groups is 1. The van der Waals surface area contributed by atoms with Gasteiger partial charge in [0.1, 0.15) is 6.54 Å². The molecule has 0 spiro atoms. The van der Waals surface area contributed by atoms with E-state index in [1.165, 1.54) is 16.3 Å². The van der Waals surface area contributed by atoms with Crippen LogP contribution in [-0.2, 0) is 16.8 Å².